The Kier molecular flexibility index (Phi) is 10.9. The molecule has 3 N–H and O–H groups in total. The van der Waals surface area contributed by atoms with Crippen molar-refractivity contribution < 1.29 is 19.2 Å². The molecule has 0 aromatic rings. The summed E-state index contributed by atoms with van der Waals surface area (Å²) in [7, 11) is 1.81. The highest BCUT2D eigenvalue weighted by molar-refractivity contribution is 6.38. The van der Waals surface area contributed by atoms with E-state index in [9.17, 15) is 19.2 Å². The van der Waals surface area contributed by atoms with E-state index in [4.69, 9.17) is 0 Å². The van der Waals surface area contributed by atoms with E-state index in [-0.39, 0.29) is 30.3 Å². The number of likely N-dealkylation sites (N-methyl/N-ethyl adjacent to an activating group) is 1. The predicted octanol–water partition coefficient (Wildman–Crippen LogP) is 1.69. The Bertz CT molecular complexity index is 675. The van der Waals surface area contributed by atoms with Crippen molar-refractivity contribution >= 4 is 23.5 Å². The molecule has 1 aliphatic heterocycles. The summed E-state index contributed by atoms with van der Waals surface area (Å²) in [5.41, 5.74) is 0. The van der Waals surface area contributed by atoms with Crippen molar-refractivity contribution in [1.82, 2.24) is 20.9 Å². The van der Waals surface area contributed by atoms with Gasteiger partial charge in [-0.25, -0.2) is 0 Å². The molecule has 1 aliphatic carbocycles. The maximum Gasteiger partial charge on any atom is 0.289 e. The lowest BCUT2D eigenvalue weighted by Crippen LogP contribution is -2.56. The minimum atomic E-state index is -0.886. The van der Waals surface area contributed by atoms with Crippen LogP contribution in [0.4, 0.5) is 0 Å². The number of amides is 3. The summed E-state index contributed by atoms with van der Waals surface area (Å²) in [5.74, 6) is -1.46. The smallest absolute Gasteiger partial charge is 0.289 e. The molecular formula is C24H40N4O4. The van der Waals surface area contributed by atoms with Crippen molar-refractivity contribution in [3.8, 4) is 0 Å². The van der Waals surface area contributed by atoms with Crippen molar-refractivity contribution in [2.75, 3.05) is 20.1 Å². The Morgan fingerprint density at radius 2 is 1.81 bits per heavy atom. The van der Waals surface area contributed by atoms with Crippen LogP contribution in [0, 0.1) is 5.92 Å². The zero-order chi connectivity index (χ0) is 23.5. The van der Waals surface area contributed by atoms with Gasteiger partial charge < -0.3 is 20.9 Å². The zero-order valence-electron chi connectivity index (χ0n) is 19.7. The average Bonchev–Trinajstić information content (AvgIpc) is 3.31. The molecule has 8 heteroatoms. The fourth-order valence-electron chi connectivity index (χ4n) is 4.87. The van der Waals surface area contributed by atoms with E-state index in [1.54, 1.807) is 4.90 Å². The largest absolute Gasteiger partial charge is 0.346 e. The molecule has 1 saturated carbocycles. The Morgan fingerprint density at radius 3 is 2.44 bits per heavy atom. The molecule has 0 spiro atoms. The lowest BCUT2D eigenvalue weighted by molar-refractivity contribution is -0.143. The first-order chi connectivity index (χ1) is 15.4. The van der Waals surface area contributed by atoms with Crippen molar-refractivity contribution in [1.29, 1.82) is 0 Å². The van der Waals surface area contributed by atoms with E-state index in [0.717, 1.165) is 38.5 Å². The van der Waals surface area contributed by atoms with Gasteiger partial charge in [0.05, 0.1) is 12.1 Å². The van der Waals surface area contributed by atoms with Crippen LogP contribution in [-0.2, 0) is 19.2 Å². The van der Waals surface area contributed by atoms with Crippen LogP contribution in [0.2, 0.25) is 0 Å². The second-order valence-corrected chi connectivity index (χ2v) is 8.92. The summed E-state index contributed by atoms with van der Waals surface area (Å²) in [5, 5.41) is 8.46. The predicted molar refractivity (Wildman–Crippen MR) is 124 cm³/mol. The summed E-state index contributed by atoms with van der Waals surface area (Å²) in [6.45, 7) is 6.24. The van der Waals surface area contributed by atoms with Crippen LogP contribution in [0.15, 0.2) is 12.7 Å². The molecule has 2 rings (SSSR count). The van der Waals surface area contributed by atoms with Crippen molar-refractivity contribution in [2.45, 2.75) is 89.3 Å². The average molecular weight is 449 g/mol. The highest BCUT2D eigenvalue weighted by Crippen LogP contribution is 2.29. The number of hydrogen-bond donors (Lipinski definition) is 3. The minimum absolute atomic E-state index is 0.0304. The van der Waals surface area contributed by atoms with Gasteiger partial charge in [-0.15, -0.1) is 6.58 Å². The third-order valence-electron chi connectivity index (χ3n) is 6.65. The number of hydrogen-bond acceptors (Lipinski definition) is 5. The van der Waals surface area contributed by atoms with Gasteiger partial charge in [0.25, 0.3) is 5.91 Å². The summed E-state index contributed by atoms with van der Waals surface area (Å²) in [6.07, 6.45) is 10.3. The maximum absolute atomic E-state index is 13.4. The van der Waals surface area contributed by atoms with Gasteiger partial charge in [-0.1, -0.05) is 45.1 Å². The molecule has 2 fully saturated rings. The fraction of sp³-hybridized carbons (Fsp3) is 0.750. The van der Waals surface area contributed by atoms with E-state index >= 15 is 0 Å². The highest BCUT2D eigenvalue weighted by Gasteiger charge is 2.40. The van der Waals surface area contributed by atoms with Gasteiger partial charge in [0, 0.05) is 13.1 Å². The van der Waals surface area contributed by atoms with Crippen LogP contribution in [0.1, 0.15) is 71.1 Å². The highest BCUT2D eigenvalue weighted by atomic mass is 16.2. The van der Waals surface area contributed by atoms with Gasteiger partial charge in [0.15, 0.2) is 0 Å². The summed E-state index contributed by atoms with van der Waals surface area (Å²) in [6, 6.07) is -1.77. The number of ketones is 1. The number of carbonyl (C=O) groups excluding carboxylic acids is 4. The fourth-order valence-corrected chi connectivity index (χ4v) is 4.87. The van der Waals surface area contributed by atoms with E-state index in [1.807, 2.05) is 14.0 Å². The normalized spacial score (nSPS) is 20.9. The molecule has 2 aliphatic rings. The van der Waals surface area contributed by atoms with E-state index in [2.05, 4.69) is 22.5 Å². The quantitative estimate of drug-likeness (QED) is 0.311. The number of likely N-dealkylation sites (tertiary alicyclic amines) is 1. The van der Waals surface area contributed by atoms with E-state index < -0.39 is 23.8 Å². The molecule has 32 heavy (non-hydrogen) atoms. The number of rotatable bonds is 12. The number of carbonyl (C=O) groups is 4. The third-order valence-corrected chi connectivity index (χ3v) is 6.65. The van der Waals surface area contributed by atoms with Crippen LogP contribution < -0.4 is 16.0 Å². The van der Waals surface area contributed by atoms with Crippen molar-refractivity contribution in [3.05, 3.63) is 12.7 Å². The monoisotopic (exact) mass is 448 g/mol. The summed E-state index contributed by atoms with van der Waals surface area (Å²) in [4.78, 5) is 52.9. The number of nitrogens with one attached hydrogen (secondary N) is 3. The first-order valence-electron chi connectivity index (χ1n) is 12.2. The van der Waals surface area contributed by atoms with Crippen molar-refractivity contribution in [3.63, 3.8) is 0 Å². The molecule has 0 aromatic carbocycles. The number of Topliss-reactive ketones (excluding diaryl/α,β-unsaturated/α-hetero) is 1. The molecule has 180 valence electrons. The molecular weight excluding hydrogens is 408 g/mol. The molecule has 0 aromatic heterocycles. The van der Waals surface area contributed by atoms with Crippen LogP contribution in [0.5, 0.6) is 0 Å². The second-order valence-electron chi connectivity index (χ2n) is 8.92. The Balaban J connectivity index is 2.07. The Labute approximate surface area is 191 Å². The van der Waals surface area contributed by atoms with Gasteiger partial charge >= 0.3 is 0 Å². The number of unbranched alkanes of at least 4 members (excludes halogenated alkanes) is 1. The lowest BCUT2D eigenvalue weighted by Gasteiger charge is -2.34. The topological polar surface area (TPSA) is 108 Å². The minimum Gasteiger partial charge on any atom is -0.346 e. The molecule has 3 unspecified atom stereocenters. The molecule has 0 radical (unpaired) electrons. The van der Waals surface area contributed by atoms with Crippen LogP contribution >= 0.6 is 0 Å². The Hall–Kier alpha value is -2.22. The first-order valence-corrected chi connectivity index (χ1v) is 12.2. The van der Waals surface area contributed by atoms with Crippen LogP contribution in [-0.4, -0.2) is 66.7 Å². The SMILES string of the molecule is C=CCNC(=O)C(=O)C(CCCC)NC(=O)C1CCCN1C(=O)C(NC)C1CCCCC1. The van der Waals surface area contributed by atoms with Crippen LogP contribution in [0.3, 0.4) is 0 Å². The van der Waals surface area contributed by atoms with E-state index in [1.165, 1.54) is 12.5 Å². The molecule has 0 bridgehead atoms. The zero-order valence-corrected chi connectivity index (χ0v) is 19.7. The van der Waals surface area contributed by atoms with Gasteiger partial charge in [0.1, 0.15) is 6.04 Å². The van der Waals surface area contributed by atoms with E-state index in [0.29, 0.717) is 25.8 Å². The molecule has 3 amide bonds. The lowest BCUT2D eigenvalue weighted by atomic mass is 9.83. The second kappa shape index (κ2) is 13.4. The third kappa shape index (κ3) is 6.89. The summed E-state index contributed by atoms with van der Waals surface area (Å²) >= 11 is 0. The molecule has 8 nitrogen and oxygen atoms in total. The van der Waals surface area contributed by atoms with Gasteiger partial charge in [-0.2, -0.15) is 0 Å². The van der Waals surface area contributed by atoms with Crippen LogP contribution in [0.25, 0.3) is 0 Å². The molecule has 1 heterocycles. The first kappa shape index (κ1) is 26.0. The molecule has 1 saturated heterocycles. The van der Waals surface area contributed by atoms with Gasteiger partial charge in [-0.05, 0) is 45.1 Å². The Morgan fingerprint density at radius 1 is 1.09 bits per heavy atom. The van der Waals surface area contributed by atoms with Crippen molar-refractivity contribution in [2.24, 2.45) is 5.92 Å². The number of nitrogens with zero attached hydrogens (tertiary/aromatic N) is 1. The van der Waals surface area contributed by atoms with Gasteiger partial charge in [0.2, 0.25) is 17.6 Å². The standard InChI is InChI=1S/C24H40N4O4/c1-4-6-13-18(21(29)23(31)26-15-5-2)27-22(30)19-14-10-16-28(19)24(32)20(25-3)17-11-8-7-9-12-17/h5,17-20,25H,2,4,6-16H2,1,3H3,(H,26,31)(H,27,30). The van der Waals surface area contributed by atoms with Gasteiger partial charge in [-0.3, -0.25) is 19.2 Å². The molecule has 3 atom stereocenters. The maximum atomic E-state index is 13.4. The summed E-state index contributed by atoms with van der Waals surface area (Å²) < 4.78 is 0.